The molecule has 0 aromatic heterocycles. The molecule has 0 aliphatic heterocycles. The van der Waals surface area contributed by atoms with Gasteiger partial charge >= 0.3 is 5.97 Å². The SMILES string of the molecule is CC(C)(CCNC(=O)CCNS(=O)(=O)c1ccccc1)C(=O)O. The van der Waals surface area contributed by atoms with Crippen LogP contribution < -0.4 is 10.0 Å². The van der Waals surface area contributed by atoms with Gasteiger partial charge in [-0.1, -0.05) is 18.2 Å². The summed E-state index contributed by atoms with van der Waals surface area (Å²) in [7, 11) is -3.62. The van der Waals surface area contributed by atoms with Crippen molar-refractivity contribution in [1.82, 2.24) is 10.0 Å². The van der Waals surface area contributed by atoms with E-state index in [9.17, 15) is 18.0 Å². The van der Waals surface area contributed by atoms with Gasteiger partial charge in [-0.3, -0.25) is 9.59 Å². The van der Waals surface area contributed by atoms with Gasteiger partial charge in [0.1, 0.15) is 0 Å². The van der Waals surface area contributed by atoms with E-state index in [1.807, 2.05) is 0 Å². The lowest BCUT2D eigenvalue weighted by atomic mass is 9.90. The predicted octanol–water partition coefficient (Wildman–Crippen LogP) is 0.972. The highest BCUT2D eigenvalue weighted by Gasteiger charge is 2.26. The van der Waals surface area contributed by atoms with Gasteiger partial charge in [-0.2, -0.15) is 0 Å². The Morgan fingerprint density at radius 3 is 2.30 bits per heavy atom. The van der Waals surface area contributed by atoms with Crippen molar-refractivity contribution in [2.75, 3.05) is 13.1 Å². The Labute approximate surface area is 136 Å². The Bertz CT molecular complexity index is 641. The third-order valence-electron chi connectivity index (χ3n) is 3.35. The van der Waals surface area contributed by atoms with Gasteiger partial charge in [-0.05, 0) is 32.4 Å². The van der Waals surface area contributed by atoms with Crippen LogP contribution in [0, 0.1) is 5.41 Å². The fraction of sp³-hybridized carbons (Fsp3) is 0.467. The van der Waals surface area contributed by atoms with Crippen LogP contribution in [0.4, 0.5) is 0 Å². The molecule has 1 aromatic rings. The minimum atomic E-state index is -3.62. The molecule has 1 amide bonds. The van der Waals surface area contributed by atoms with E-state index < -0.39 is 21.4 Å². The summed E-state index contributed by atoms with van der Waals surface area (Å²) in [5.74, 6) is -1.26. The minimum absolute atomic E-state index is 0.0143. The van der Waals surface area contributed by atoms with Crippen molar-refractivity contribution in [3.8, 4) is 0 Å². The molecule has 23 heavy (non-hydrogen) atoms. The molecule has 0 spiro atoms. The summed E-state index contributed by atoms with van der Waals surface area (Å²) in [5, 5.41) is 11.5. The highest BCUT2D eigenvalue weighted by Crippen LogP contribution is 2.19. The molecule has 0 aliphatic rings. The zero-order valence-corrected chi connectivity index (χ0v) is 14.0. The fourth-order valence-corrected chi connectivity index (χ4v) is 2.74. The molecule has 0 fully saturated rings. The van der Waals surface area contributed by atoms with Crippen molar-refractivity contribution >= 4 is 21.9 Å². The molecule has 3 N–H and O–H groups in total. The first-order valence-electron chi connectivity index (χ1n) is 7.20. The molecule has 0 aliphatic carbocycles. The molecule has 0 radical (unpaired) electrons. The largest absolute Gasteiger partial charge is 0.481 e. The summed E-state index contributed by atoms with van der Waals surface area (Å²) in [5.41, 5.74) is -0.915. The number of aliphatic carboxylic acids is 1. The quantitative estimate of drug-likeness (QED) is 0.619. The van der Waals surface area contributed by atoms with Crippen molar-refractivity contribution < 1.29 is 23.1 Å². The van der Waals surface area contributed by atoms with Crippen LogP contribution in [0.2, 0.25) is 0 Å². The van der Waals surface area contributed by atoms with E-state index >= 15 is 0 Å². The second kappa shape index (κ2) is 8.07. The molecule has 0 bridgehead atoms. The maximum atomic E-state index is 11.9. The molecule has 128 valence electrons. The zero-order chi connectivity index (χ0) is 17.5. The van der Waals surface area contributed by atoms with Crippen LogP contribution in [0.3, 0.4) is 0 Å². The van der Waals surface area contributed by atoms with Crippen molar-refractivity contribution in [3.63, 3.8) is 0 Å². The van der Waals surface area contributed by atoms with Gasteiger partial charge in [0, 0.05) is 19.5 Å². The van der Waals surface area contributed by atoms with Crippen molar-refractivity contribution in [2.24, 2.45) is 5.41 Å². The molecule has 8 heteroatoms. The smallest absolute Gasteiger partial charge is 0.309 e. The normalized spacial score (nSPS) is 11.9. The van der Waals surface area contributed by atoms with E-state index in [4.69, 9.17) is 5.11 Å². The third kappa shape index (κ3) is 6.37. The molecular formula is C15H22N2O5S. The summed E-state index contributed by atoms with van der Waals surface area (Å²) >= 11 is 0. The second-order valence-corrected chi connectivity index (χ2v) is 7.52. The number of sulfonamides is 1. The van der Waals surface area contributed by atoms with Crippen LogP contribution in [-0.4, -0.2) is 38.5 Å². The van der Waals surface area contributed by atoms with Crippen LogP contribution in [0.1, 0.15) is 26.7 Å². The molecule has 0 atom stereocenters. The van der Waals surface area contributed by atoms with Gasteiger partial charge < -0.3 is 10.4 Å². The molecule has 0 saturated heterocycles. The van der Waals surface area contributed by atoms with Crippen molar-refractivity contribution in [3.05, 3.63) is 30.3 Å². The maximum absolute atomic E-state index is 11.9. The number of carboxylic acid groups (broad SMARTS) is 1. The number of carbonyl (C=O) groups is 2. The number of rotatable bonds is 9. The van der Waals surface area contributed by atoms with E-state index in [0.29, 0.717) is 6.42 Å². The molecule has 7 nitrogen and oxygen atoms in total. The van der Waals surface area contributed by atoms with Crippen LogP contribution >= 0.6 is 0 Å². The number of carboxylic acids is 1. The monoisotopic (exact) mass is 342 g/mol. The lowest BCUT2D eigenvalue weighted by Gasteiger charge is -2.18. The van der Waals surface area contributed by atoms with Crippen LogP contribution in [-0.2, 0) is 19.6 Å². The lowest BCUT2D eigenvalue weighted by molar-refractivity contribution is -0.147. The van der Waals surface area contributed by atoms with E-state index in [0.717, 1.165) is 0 Å². The zero-order valence-electron chi connectivity index (χ0n) is 13.2. The fourth-order valence-electron chi connectivity index (χ4n) is 1.69. The first-order chi connectivity index (χ1) is 10.6. The maximum Gasteiger partial charge on any atom is 0.309 e. The molecule has 0 saturated carbocycles. The number of benzene rings is 1. The Balaban J connectivity index is 2.33. The highest BCUT2D eigenvalue weighted by atomic mass is 32.2. The minimum Gasteiger partial charge on any atom is -0.481 e. The number of carbonyl (C=O) groups excluding carboxylic acids is 1. The summed E-state index contributed by atoms with van der Waals surface area (Å²) in [6.45, 7) is 3.36. The van der Waals surface area contributed by atoms with Crippen LogP contribution in [0.25, 0.3) is 0 Å². The third-order valence-corrected chi connectivity index (χ3v) is 4.83. The summed E-state index contributed by atoms with van der Waals surface area (Å²) < 4.78 is 26.2. The molecule has 1 rings (SSSR count). The topological polar surface area (TPSA) is 113 Å². The summed E-state index contributed by atoms with van der Waals surface area (Å²) in [4.78, 5) is 22.7. The average Bonchev–Trinajstić information content (AvgIpc) is 2.47. The van der Waals surface area contributed by atoms with Crippen LogP contribution in [0.5, 0.6) is 0 Å². The molecule has 1 aromatic carbocycles. The average molecular weight is 342 g/mol. The van der Waals surface area contributed by atoms with E-state index in [2.05, 4.69) is 10.0 Å². The van der Waals surface area contributed by atoms with Crippen LogP contribution in [0.15, 0.2) is 35.2 Å². The Morgan fingerprint density at radius 1 is 1.13 bits per heavy atom. The Hall–Kier alpha value is -1.93. The Kier molecular flexibility index (Phi) is 6.71. The second-order valence-electron chi connectivity index (χ2n) is 5.75. The van der Waals surface area contributed by atoms with Gasteiger partial charge in [-0.25, -0.2) is 13.1 Å². The predicted molar refractivity (Wildman–Crippen MR) is 85.3 cm³/mol. The number of nitrogens with one attached hydrogen (secondary N) is 2. The first kappa shape index (κ1) is 19.1. The molecular weight excluding hydrogens is 320 g/mol. The number of hydrogen-bond acceptors (Lipinski definition) is 4. The molecule has 0 heterocycles. The van der Waals surface area contributed by atoms with E-state index in [1.165, 1.54) is 12.1 Å². The van der Waals surface area contributed by atoms with E-state index in [1.54, 1.807) is 32.0 Å². The highest BCUT2D eigenvalue weighted by molar-refractivity contribution is 7.89. The van der Waals surface area contributed by atoms with Gasteiger partial charge in [0.25, 0.3) is 0 Å². The van der Waals surface area contributed by atoms with Crippen molar-refractivity contribution in [1.29, 1.82) is 0 Å². The number of amides is 1. The molecule has 0 unspecified atom stereocenters. The Morgan fingerprint density at radius 2 is 1.74 bits per heavy atom. The lowest BCUT2D eigenvalue weighted by Crippen LogP contribution is -2.34. The summed E-state index contributed by atoms with van der Waals surface area (Å²) in [6.07, 6.45) is 0.281. The van der Waals surface area contributed by atoms with E-state index in [-0.39, 0.29) is 30.3 Å². The van der Waals surface area contributed by atoms with Gasteiger partial charge in [0.15, 0.2) is 0 Å². The standard InChI is InChI=1S/C15H22N2O5S/c1-15(2,14(19)20)9-11-16-13(18)8-10-17-23(21,22)12-6-4-3-5-7-12/h3-7,17H,8-11H2,1-2H3,(H,16,18)(H,19,20). The van der Waals surface area contributed by atoms with Gasteiger partial charge in [0.2, 0.25) is 15.9 Å². The van der Waals surface area contributed by atoms with Crippen molar-refractivity contribution in [2.45, 2.75) is 31.6 Å². The summed E-state index contributed by atoms with van der Waals surface area (Å²) in [6, 6.07) is 7.88. The number of hydrogen-bond donors (Lipinski definition) is 3. The van der Waals surface area contributed by atoms with Gasteiger partial charge in [0.05, 0.1) is 10.3 Å². The van der Waals surface area contributed by atoms with Gasteiger partial charge in [-0.15, -0.1) is 0 Å². The first-order valence-corrected chi connectivity index (χ1v) is 8.68.